The largest absolute Gasteiger partial charge is 0.358 e. The summed E-state index contributed by atoms with van der Waals surface area (Å²) in [6, 6.07) is 8.14. The van der Waals surface area contributed by atoms with E-state index in [4.69, 9.17) is 11.6 Å². The first-order valence-electron chi connectivity index (χ1n) is 5.04. The fourth-order valence-corrected chi connectivity index (χ4v) is 2.44. The number of halogens is 2. The Labute approximate surface area is 108 Å². The van der Waals surface area contributed by atoms with Crippen molar-refractivity contribution in [1.29, 1.82) is 0 Å². The molecule has 0 amide bonds. The molecule has 1 heterocycles. The molecule has 0 unspecified atom stereocenters. The highest BCUT2D eigenvalue weighted by Crippen LogP contribution is 2.28. The lowest BCUT2D eigenvalue weighted by atomic mass is 10.1. The molecule has 1 aromatic heterocycles. The van der Waals surface area contributed by atoms with Crippen molar-refractivity contribution in [2.45, 2.75) is 0 Å². The number of aromatic nitrogens is 1. The highest BCUT2D eigenvalue weighted by atomic mass is 79.9. The van der Waals surface area contributed by atoms with Crippen LogP contribution in [0.2, 0.25) is 0 Å². The second-order valence-corrected chi connectivity index (χ2v) is 4.81. The Morgan fingerprint density at radius 3 is 2.88 bits per heavy atom. The molecule has 0 aliphatic carbocycles. The number of benzene rings is 1. The normalized spacial score (nSPS) is 10.7. The Hall–Kier alpha value is -0.800. The van der Waals surface area contributed by atoms with Gasteiger partial charge >= 0.3 is 0 Å². The van der Waals surface area contributed by atoms with Gasteiger partial charge in [0.2, 0.25) is 0 Å². The number of hydrogen-bond acceptors (Lipinski definition) is 2. The van der Waals surface area contributed by atoms with Crippen molar-refractivity contribution in [2.24, 2.45) is 0 Å². The molecule has 16 heavy (non-hydrogen) atoms. The van der Waals surface area contributed by atoms with Gasteiger partial charge in [-0.05, 0) is 12.1 Å². The maximum atomic E-state index is 5.75. The van der Waals surface area contributed by atoms with E-state index in [1.165, 1.54) is 5.39 Å². The van der Waals surface area contributed by atoms with Crippen LogP contribution in [0.4, 0.5) is 5.82 Å². The first kappa shape index (κ1) is 11.7. The average Bonchev–Trinajstić information content (AvgIpc) is 2.29. The highest BCUT2D eigenvalue weighted by molar-refractivity contribution is 9.10. The predicted octanol–water partition coefficient (Wildman–Crippen LogP) is 3.67. The van der Waals surface area contributed by atoms with E-state index in [1.54, 1.807) is 0 Å². The van der Waals surface area contributed by atoms with Crippen molar-refractivity contribution < 1.29 is 0 Å². The van der Waals surface area contributed by atoms with Crippen LogP contribution in [0.3, 0.4) is 0 Å². The summed E-state index contributed by atoms with van der Waals surface area (Å²) >= 11 is 9.30. The lowest BCUT2D eigenvalue weighted by Crippen LogP contribution is -2.20. The minimum atomic E-state index is 0.600. The van der Waals surface area contributed by atoms with Gasteiger partial charge in [-0.25, -0.2) is 4.98 Å². The molecule has 0 atom stereocenters. The number of pyridine rings is 1. The molecule has 0 bridgehead atoms. The Kier molecular flexibility index (Phi) is 3.66. The third kappa shape index (κ3) is 2.15. The zero-order valence-electron chi connectivity index (χ0n) is 8.95. The summed E-state index contributed by atoms with van der Waals surface area (Å²) in [5.74, 6) is 1.57. The van der Waals surface area contributed by atoms with Crippen molar-refractivity contribution in [2.75, 3.05) is 24.4 Å². The Morgan fingerprint density at radius 2 is 2.12 bits per heavy atom. The summed E-state index contributed by atoms with van der Waals surface area (Å²) < 4.78 is 1.09. The molecule has 2 aromatic rings. The summed E-state index contributed by atoms with van der Waals surface area (Å²) in [5.41, 5.74) is 0. The van der Waals surface area contributed by atoms with E-state index in [9.17, 15) is 0 Å². The van der Waals surface area contributed by atoms with E-state index in [-0.39, 0.29) is 0 Å². The summed E-state index contributed by atoms with van der Waals surface area (Å²) in [6.07, 6.45) is 1.83. The molecule has 2 nitrogen and oxygen atoms in total. The maximum Gasteiger partial charge on any atom is 0.136 e. The fraction of sp³-hybridized carbons (Fsp3) is 0.250. The third-order valence-electron chi connectivity index (χ3n) is 2.51. The number of rotatable bonds is 3. The minimum absolute atomic E-state index is 0.600. The Morgan fingerprint density at radius 1 is 1.31 bits per heavy atom. The topological polar surface area (TPSA) is 16.1 Å². The molecule has 84 valence electrons. The summed E-state index contributed by atoms with van der Waals surface area (Å²) in [7, 11) is 2.01. The summed E-state index contributed by atoms with van der Waals surface area (Å²) in [4.78, 5) is 6.48. The summed E-state index contributed by atoms with van der Waals surface area (Å²) in [6.45, 7) is 0.792. The molecule has 0 aliphatic heterocycles. The van der Waals surface area contributed by atoms with E-state index in [2.05, 4.69) is 31.9 Å². The second kappa shape index (κ2) is 5.02. The molecule has 2 rings (SSSR count). The molecule has 0 saturated heterocycles. The molecule has 4 heteroatoms. The van der Waals surface area contributed by atoms with E-state index >= 15 is 0 Å². The van der Waals surface area contributed by atoms with Crippen LogP contribution >= 0.6 is 27.5 Å². The van der Waals surface area contributed by atoms with Crippen molar-refractivity contribution in [3.8, 4) is 0 Å². The molecule has 0 fully saturated rings. The number of fused-ring (bicyclic) bond motifs is 1. The zero-order valence-corrected chi connectivity index (χ0v) is 11.3. The van der Waals surface area contributed by atoms with Crippen LogP contribution in [0.25, 0.3) is 10.8 Å². The molecule has 0 aliphatic rings. The monoisotopic (exact) mass is 298 g/mol. The molecular formula is C12H12BrClN2. The van der Waals surface area contributed by atoms with E-state index < -0.39 is 0 Å². The fourth-order valence-electron chi connectivity index (χ4n) is 1.69. The van der Waals surface area contributed by atoms with Crippen LogP contribution in [0.1, 0.15) is 0 Å². The third-order valence-corrected chi connectivity index (χ3v) is 3.37. The van der Waals surface area contributed by atoms with Gasteiger partial charge in [-0.15, -0.1) is 11.6 Å². The van der Waals surface area contributed by atoms with Gasteiger partial charge in [0, 0.05) is 40.9 Å². The maximum absolute atomic E-state index is 5.75. The molecule has 0 saturated carbocycles. The standard InChI is InChI=1S/C12H12BrClN2/c1-16(8-6-14)12-10-3-2-4-11(13)9(10)5-7-15-12/h2-5,7H,6,8H2,1H3. The number of anilines is 1. The van der Waals surface area contributed by atoms with Crippen LogP contribution < -0.4 is 4.90 Å². The highest BCUT2D eigenvalue weighted by Gasteiger charge is 2.08. The van der Waals surface area contributed by atoms with Crippen LogP contribution in [-0.4, -0.2) is 24.5 Å². The van der Waals surface area contributed by atoms with Gasteiger partial charge < -0.3 is 4.90 Å². The van der Waals surface area contributed by atoms with Crippen LogP contribution in [-0.2, 0) is 0 Å². The number of nitrogens with zero attached hydrogens (tertiary/aromatic N) is 2. The Bertz CT molecular complexity index is 501. The van der Waals surface area contributed by atoms with Crippen LogP contribution in [0.15, 0.2) is 34.9 Å². The van der Waals surface area contributed by atoms with Gasteiger partial charge in [0.25, 0.3) is 0 Å². The van der Waals surface area contributed by atoms with E-state index in [0.717, 1.165) is 22.2 Å². The molecular weight excluding hydrogens is 288 g/mol. The number of hydrogen-bond donors (Lipinski definition) is 0. The molecule has 0 radical (unpaired) electrons. The van der Waals surface area contributed by atoms with Crippen molar-refractivity contribution in [3.63, 3.8) is 0 Å². The smallest absolute Gasteiger partial charge is 0.136 e. The van der Waals surface area contributed by atoms with Gasteiger partial charge in [0.1, 0.15) is 5.82 Å². The van der Waals surface area contributed by atoms with E-state index in [0.29, 0.717) is 5.88 Å². The average molecular weight is 300 g/mol. The van der Waals surface area contributed by atoms with Crippen LogP contribution in [0.5, 0.6) is 0 Å². The van der Waals surface area contributed by atoms with Gasteiger partial charge in [0.05, 0.1) is 0 Å². The quantitative estimate of drug-likeness (QED) is 0.804. The van der Waals surface area contributed by atoms with Gasteiger partial charge in [-0.1, -0.05) is 28.1 Å². The van der Waals surface area contributed by atoms with Gasteiger partial charge in [-0.3, -0.25) is 0 Å². The molecule has 0 N–H and O–H groups in total. The lowest BCUT2D eigenvalue weighted by Gasteiger charge is -2.18. The SMILES string of the molecule is CN(CCCl)c1nccc2c(Br)cccc12. The van der Waals surface area contributed by atoms with Crippen LogP contribution in [0, 0.1) is 0 Å². The molecule has 1 aromatic carbocycles. The molecule has 0 spiro atoms. The van der Waals surface area contributed by atoms with Gasteiger partial charge in [-0.2, -0.15) is 0 Å². The first-order chi connectivity index (χ1) is 7.74. The van der Waals surface area contributed by atoms with Gasteiger partial charge in [0.15, 0.2) is 0 Å². The predicted molar refractivity (Wildman–Crippen MR) is 73.4 cm³/mol. The van der Waals surface area contributed by atoms with Crippen molar-refractivity contribution in [1.82, 2.24) is 4.98 Å². The minimum Gasteiger partial charge on any atom is -0.358 e. The lowest BCUT2D eigenvalue weighted by molar-refractivity contribution is 0.951. The second-order valence-electron chi connectivity index (χ2n) is 3.58. The summed E-state index contributed by atoms with van der Waals surface area (Å²) in [5, 5.41) is 2.32. The zero-order chi connectivity index (χ0) is 11.5. The van der Waals surface area contributed by atoms with Crippen molar-refractivity contribution >= 4 is 44.1 Å². The number of alkyl halides is 1. The van der Waals surface area contributed by atoms with E-state index in [1.807, 2.05) is 31.4 Å². The first-order valence-corrected chi connectivity index (χ1v) is 6.37. The Balaban J connectivity index is 2.58. The van der Waals surface area contributed by atoms with Crippen molar-refractivity contribution in [3.05, 3.63) is 34.9 Å².